The lowest BCUT2D eigenvalue weighted by Crippen LogP contribution is -2.25. The van der Waals surface area contributed by atoms with Crippen molar-refractivity contribution in [3.63, 3.8) is 0 Å². The zero-order valence-electron chi connectivity index (χ0n) is 11.0. The zero-order valence-corrected chi connectivity index (χ0v) is 12.5. The van der Waals surface area contributed by atoms with Crippen molar-refractivity contribution in [1.82, 2.24) is 0 Å². The standard InChI is InChI=1S/C12H9BrN2O6/c1-20-11(16)9(12(17)21-2)8-4-7(13)3-6(5-14)10(8)15(18)19/h3-4,9H,1-2H3. The first kappa shape index (κ1) is 16.6. The number of halogens is 1. The second-order valence-electron chi connectivity index (χ2n) is 3.74. The second kappa shape index (κ2) is 6.81. The summed E-state index contributed by atoms with van der Waals surface area (Å²) in [6.07, 6.45) is 0. The number of rotatable bonds is 4. The molecule has 1 aromatic carbocycles. The molecule has 0 heterocycles. The van der Waals surface area contributed by atoms with Crippen LogP contribution in [0, 0.1) is 21.4 Å². The molecule has 0 aromatic heterocycles. The van der Waals surface area contributed by atoms with E-state index in [1.165, 1.54) is 12.1 Å². The first-order chi connectivity index (χ1) is 9.87. The molecule has 0 unspecified atom stereocenters. The smallest absolute Gasteiger partial charge is 0.324 e. The van der Waals surface area contributed by atoms with Crippen LogP contribution in [0.25, 0.3) is 0 Å². The molecule has 0 atom stereocenters. The van der Waals surface area contributed by atoms with Crippen molar-refractivity contribution in [1.29, 1.82) is 5.26 Å². The molecule has 21 heavy (non-hydrogen) atoms. The first-order valence-electron chi connectivity index (χ1n) is 5.41. The van der Waals surface area contributed by atoms with Crippen molar-refractivity contribution in [2.24, 2.45) is 0 Å². The number of esters is 2. The third-order valence-electron chi connectivity index (χ3n) is 2.59. The van der Waals surface area contributed by atoms with Gasteiger partial charge >= 0.3 is 11.9 Å². The van der Waals surface area contributed by atoms with E-state index in [0.717, 1.165) is 14.2 Å². The fourth-order valence-corrected chi connectivity index (χ4v) is 2.19. The van der Waals surface area contributed by atoms with Gasteiger partial charge in [0, 0.05) is 4.47 Å². The van der Waals surface area contributed by atoms with Crippen molar-refractivity contribution in [2.75, 3.05) is 14.2 Å². The maximum absolute atomic E-state index is 11.8. The molecule has 0 fully saturated rings. The number of nitriles is 1. The molecule has 8 nitrogen and oxygen atoms in total. The molecule has 0 bridgehead atoms. The second-order valence-corrected chi connectivity index (χ2v) is 4.66. The number of methoxy groups -OCH3 is 2. The predicted octanol–water partition coefficient (Wildman–Crippen LogP) is 1.66. The maximum Gasteiger partial charge on any atom is 0.324 e. The predicted molar refractivity (Wildman–Crippen MR) is 72.3 cm³/mol. The molecular weight excluding hydrogens is 348 g/mol. The minimum absolute atomic E-state index is 0.273. The third kappa shape index (κ3) is 3.35. The van der Waals surface area contributed by atoms with E-state index in [9.17, 15) is 19.7 Å². The molecule has 0 saturated heterocycles. The maximum atomic E-state index is 11.8. The molecule has 0 saturated carbocycles. The van der Waals surface area contributed by atoms with Gasteiger partial charge in [0.25, 0.3) is 5.69 Å². The molecule has 0 N–H and O–H groups in total. The third-order valence-corrected chi connectivity index (χ3v) is 3.05. The lowest BCUT2D eigenvalue weighted by molar-refractivity contribution is -0.386. The van der Waals surface area contributed by atoms with E-state index in [0.29, 0.717) is 4.47 Å². The summed E-state index contributed by atoms with van der Waals surface area (Å²) in [5, 5.41) is 20.2. The topological polar surface area (TPSA) is 120 Å². The van der Waals surface area contributed by atoms with E-state index in [2.05, 4.69) is 25.4 Å². The van der Waals surface area contributed by atoms with Gasteiger partial charge in [0.05, 0.1) is 24.7 Å². The van der Waals surface area contributed by atoms with E-state index in [4.69, 9.17) is 5.26 Å². The molecule has 0 aliphatic heterocycles. The molecular formula is C12H9BrN2O6. The number of ether oxygens (including phenoxy) is 2. The SMILES string of the molecule is COC(=O)C(C(=O)OC)c1cc(Br)cc(C#N)c1[N+](=O)[O-]. The summed E-state index contributed by atoms with van der Waals surface area (Å²) < 4.78 is 9.26. The summed E-state index contributed by atoms with van der Waals surface area (Å²) in [4.78, 5) is 33.8. The quantitative estimate of drug-likeness (QED) is 0.348. The van der Waals surface area contributed by atoms with Gasteiger partial charge in [-0.3, -0.25) is 19.7 Å². The minimum atomic E-state index is -1.65. The lowest BCUT2D eigenvalue weighted by atomic mass is 9.95. The Labute approximate surface area is 127 Å². The number of hydrogen-bond donors (Lipinski definition) is 0. The van der Waals surface area contributed by atoms with Gasteiger partial charge in [0.1, 0.15) is 11.6 Å². The molecule has 0 radical (unpaired) electrons. The highest BCUT2D eigenvalue weighted by molar-refractivity contribution is 9.10. The van der Waals surface area contributed by atoms with Crippen LogP contribution in [-0.4, -0.2) is 31.1 Å². The van der Waals surface area contributed by atoms with E-state index in [1.54, 1.807) is 6.07 Å². The van der Waals surface area contributed by atoms with E-state index < -0.39 is 28.5 Å². The van der Waals surface area contributed by atoms with Crippen LogP contribution in [0.15, 0.2) is 16.6 Å². The van der Waals surface area contributed by atoms with Crippen LogP contribution in [0.2, 0.25) is 0 Å². The number of nitrogens with zero attached hydrogens (tertiary/aromatic N) is 2. The van der Waals surface area contributed by atoms with Crippen molar-refractivity contribution in [3.8, 4) is 6.07 Å². The Bertz CT molecular complexity index is 636. The van der Waals surface area contributed by atoms with Crippen LogP contribution in [0.1, 0.15) is 17.0 Å². The molecule has 110 valence electrons. The highest BCUT2D eigenvalue weighted by Crippen LogP contribution is 2.34. The molecule has 0 amide bonds. The number of hydrogen-bond acceptors (Lipinski definition) is 7. The highest BCUT2D eigenvalue weighted by Gasteiger charge is 2.38. The largest absolute Gasteiger partial charge is 0.468 e. The first-order valence-corrected chi connectivity index (χ1v) is 6.20. The Morgan fingerprint density at radius 1 is 1.33 bits per heavy atom. The van der Waals surface area contributed by atoms with Crippen LogP contribution in [0.3, 0.4) is 0 Å². The van der Waals surface area contributed by atoms with Gasteiger partial charge in [-0.15, -0.1) is 0 Å². The van der Waals surface area contributed by atoms with Crippen molar-refractivity contribution >= 4 is 33.6 Å². The number of nitro benzene ring substituents is 1. The van der Waals surface area contributed by atoms with Crippen LogP contribution in [0.4, 0.5) is 5.69 Å². The fraction of sp³-hybridized carbons (Fsp3) is 0.250. The van der Waals surface area contributed by atoms with E-state index >= 15 is 0 Å². The average molecular weight is 357 g/mol. The summed E-state index contributed by atoms with van der Waals surface area (Å²) in [6.45, 7) is 0. The molecule has 1 rings (SSSR count). The molecule has 0 aliphatic carbocycles. The summed E-state index contributed by atoms with van der Waals surface area (Å²) in [7, 11) is 2.07. The Hall–Kier alpha value is -2.47. The Balaban J connectivity index is 3.69. The van der Waals surface area contributed by atoms with Gasteiger partial charge in [-0.25, -0.2) is 0 Å². The molecule has 1 aromatic rings. The van der Waals surface area contributed by atoms with Crippen LogP contribution < -0.4 is 0 Å². The van der Waals surface area contributed by atoms with Gasteiger partial charge in [-0.05, 0) is 12.1 Å². The Morgan fingerprint density at radius 2 is 1.86 bits per heavy atom. The van der Waals surface area contributed by atoms with Crippen molar-refractivity contribution in [2.45, 2.75) is 5.92 Å². The Kier molecular flexibility index (Phi) is 5.37. The minimum Gasteiger partial charge on any atom is -0.468 e. The van der Waals surface area contributed by atoms with Crippen molar-refractivity contribution in [3.05, 3.63) is 37.8 Å². The monoisotopic (exact) mass is 356 g/mol. The highest BCUT2D eigenvalue weighted by atomic mass is 79.9. The summed E-state index contributed by atoms with van der Waals surface area (Å²) in [5.41, 5.74) is -1.20. The van der Waals surface area contributed by atoms with Gasteiger partial charge in [-0.2, -0.15) is 5.26 Å². The number of carbonyl (C=O) groups is 2. The lowest BCUT2D eigenvalue weighted by Gasteiger charge is -2.14. The van der Waals surface area contributed by atoms with Crippen LogP contribution in [0.5, 0.6) is 0 Å². The van der Waals surface area contributed by atoms with Gasteiger partial charge in [0.2, 0.25) is 0 Å². The number of carbonyl (C=O) groups excluding carboxylic acids is 2. The van der Waals surface area contributed by atoms with E-state index in [1.807, 2.05) is 0 Å². The number of benzene rings is 1. The van der Waals surface area contributed by atoms with Gasteiger partial charge in [0.15, 0.2) is 5.92 Å². The van der Waals surface area contributed by atoms with E-state index in [-0.39, 0.29) is 11.1 Å². The molecule has 0 spiro atoms. The Morgan fingerprint density at radius 3 is 2.24 bits per heavy atom. The molecule has 0 aliphatic rings. The average Bonchev–Trinajstić information content (AvgIpc) is 2.45. The normalized spacial score (nSPS) is 9.86. The number of nitro groups is 1. The van der Waals surface area contributed by atoms with Gasteiger partial charge < -0.3 is 9.47 Å². The summed E-state index contributed by atoms with van der Waals surface area (Å²) >= 11 is 3.07. The van der Waals surface area contributed by atoms with Gasteiger partial charge in [-0.1, -0.05) is 15.9 Å². The zero-order chi connectivity index (χ0) is 16.2. The van der Waals surface area contributed by atoms with Crippen molar-refractivity contribution < 1.29 is 24.0 Å². The van der Waals surface area contributed by atoms with Crippen LogP contribution >= 0.6 is 15.9 Å². The fourth-order valence-electron chi connectivity index (χ4n) is 1.72. The van der Waals surface area contributed by atoms with Crippen LogP contribution in [-0.2, 0) is 19.1 Å². The molecule has 9 heteroatoms. The summed E-state index contributed by atoms with van der Waals surface area (Å²) in [5.74, 6) is -3.69. The summed E-state index contributed by atoms with van der Waals surface area (Å²) in [6, 6.07) is 4.07.